The monoisotopic (exact) mass is 185 g/mol. The van der Waals surface area contributed by atoms with Gasteiger partial charge in [0.1, 0.15) is 6.04 Å². The molecule has 0 aromatic carbocycles. The van der Waals surface area contributed by atoms with Gasteiger partial charge in [0.25, 0.3) is 0 Å². The molecule has 0 aliphatic carbocycles. The Morgan fingerprint density at radius 3 is 2.85 bits per heavy atom. The fraction of sp³-hybridized carbons (Fsp3) is 0.750. The van der Waals surface area contributed by atoms with Crippen LogP contribution in [0.15, 0.2) is 0 Å². The Balaban J connectivity index is 2.27. The third-order valence-electron chi connectivity index (χ3n) is 1.77. The smallest absolute Gasteiger partial charge is 0.315 e. The van der Waals surface area contributed by atoms with Crippen LogP contribution in [-0.2, 0) is 4.79 Å². The van der Waals surface area contributed by atoms with E-state index in [1.807, 2.05) is 13.8 Å². The topological polar surface area (TPSA) is 70.2 Å². The van der Waals surface area contributed by atoms with Gasteiger partial charge in [-0.05, 0) is 5.92 Å². The minimum Gasteiger partial charge on any atom is -0.354 e. The molecule has 3 N–H and O–H groups in total. The molecule has 5 heteroatoms. The fourth-order valence-electron chi connectivity index (χ4n) is 1.04. The maximum Gasteiger partial charge on any atom is 0.315 e. The van der Waals surface area contributed by atoms with Crippen LogP contribution in [0.3, 0.4) is 0 Å². The second-order valence-corrected chi connectivity index (χ2v) is 3.55. The molecular formula is C8H15N3O2. The second kappa shape index (κ2) is 4.11. The number of carbonyl (C=O) groups is 2. The number of carbonyl (C=O) groups excluding carboxylic acids is 2. The number of nitrogens with one attached hydrogen (secondary N) is 3. The molecule has 0 bridgehead atoms. The van der Waals surface area contributed by atoms with Gasteiger partial charge in [-0.25, -0.2) is 4.79 Å². The minimum absolute atomic E-state index is 0.118. The zero-order chi connectivity index (χ0) is 9.84. The highest BCUT2D eigenvalue weighted by atomic mass is 16.2. The zero-order valence-corrected chi connectivity index (χ0v) is 7.89. The molecule has 0 saturated carbocycles. The highest BCUT2D eigenvalue weighted by molar-refractivity contribution is 5.90. The fourth-order valence-corrected chi connectivity index (χ4v) is 1.04. The van der Waals surface area contributed by atoms with E-state index in [1.165, 1.54) is 0 Å². The molecule has 0 spiro atoms. The van der Waals surface area contributed by atoms with Crippen LogP contribution in [0.2, 0.25) is 0 Å². The standard InChI is InChI=1S/C8H15N3O2/c1-5(2)3-9-7(12)6-4-10-8(13)11-6/h5-6H,3-4H2,1-2H3,(H,9,12)(H2,10,11,13)/t6-/m0/s1. The summed E-state index contributed by atoms with van der Waals surface area (Å²) >= 11 is 0. The van der Waals surface area contributed by atoms with Gasteiger partial charge in [0.15, 0.2) is 0 Å². The lowest BCUT2D eigenvalue weighted by molar-refractivity contribution is -0.122. The molecule has 0 aromatic rings. The lowest BCUT2D eigenvalue weighted by Gasteiger charge is -2.11. The van der Waals surface area contributed by atoms with E-state index in [0.29, 0.717) is 19.0 Å². The molecule has 0 aromatic heterocycles. The number of rotatable bonds is 3. The molecule has 1 fully saturated rings. The quantitative estimate of drug-likeness (QED) is 0.551. The summed E-state index contributed by atoms with van der Waals surface area (Å²) < 4.78 is 0. The Kier molecular flexibility index (Phi) is 3.11. The molecule has 1 aliphatic heterocycles. The number of hydrogen-bond donors (Lipinski definition) is 3. The van der Waals surface area contributed by atoms with Gasteiger partial charge in [0.2, 0.25) is 5.91 Å². The third kappa shape index (κ3) is 2.93. The first-order valence-electron chi connectivity index (χ1n) is 4.41. The largest absolute Gasteiger partial charge is 0.354 e. The van der Waals surface area contributed by atoms with Crippen LogP contribution >= 0.6 is 0 Å². The van der Waals surface area contributed by atoms with Gasteiger partial charge < -0.3 is 16.0 Å². The molecule has 5 nitrogen and oxygen atoms in total. The highest BCUT2D eigenvalue weighted by Gasteiger charge is 2.26. The summed E-state index contributed by atoms with van der Waals surface area (Å²) in [4.78, 5) is 22.0. The van der Waals surface area contributed by atoms with Crippen molar-refractivity contribution >= 4 is 11.9 Å². The van der Waals surface area contributed by atoms with Gasteiger partial charge >= 0.3 is 6.03 Å². The van der Waals surface area contributed by atoms with Crippen molar-refractivity contribution in [3.05, 3.63) is 0 Å². The van der Waals surface area contributed by atoms with Crippen molar-refractivity contribution in [2.75, 3.05) is 13.1 Å². The molecule has 0 radical (unpaired) electrons. The van der Waals surface area contributed by atoms with Crippen molar-refractivity contribution in [3.8, 4) is 0 Å². The molecule has 1 heterocycles. The molecule has 1 atom stereocenters. The molecular weight excluding hydrogens is 170 g/mol. The van der Waals surface area contributed by atoms with Gasteiger partial charge in [0.05, 0.1) is 0 Å². The van der Waals surface area contributed by atoms with Crippen molar-refractivity contribution in [1.29, 1.82) is 0 Å². The van der Waals surface area contributed by atoms with Gasteiger partial charge in [-0.2, -0.15) is 0 Å². The van der Waals surface area contributed by atoms with Crippen LogP contribution in [0, 0.1) is 5.92 Å². The Hall–Kier alpha value is -1.26. The van der Waals surface area contributed by atoms with Crippen LogP contribution in [0.25, 0.3) is 0 Å². The van der Waals surface area contributed by atoms with Crippen molar-refractivity contribution < 1.29 is 9.59 Å². The lowest BCUT2D eigenvalue weighted by Crippen LogP contribution is -2.43. The molecule has 74 valence electrons. The Bertz CT molecular complexity index is 215. The summed E-state index contributed by atoms with van der Waals surface area (Å²) in [7, 11) is 0. The first kappa shape index (κ1) is 9.83. The summed E-state index contributed by atoms with van der Waals surface area (Å²) in [5.41, 5.74) is 0. The molecule has 13 heavy (non-hydrogen) atoms. The summed E-state index contributed by atoms with van der Waals surface area (Å²) in [6.45, 7) is 5.06. The average molecular weight is 185 g/mol. The summed E-state index contributed by atoms with van der Waals surface area (Å²) in [5, 5.41) is 7.79. The van der Waals surface area contributed by atoms with Crippen LogP contribution in [0.4, 0.5) is 4.79 Å². The Morgan fingerprint density at radius 1 is 1.69 bits per heavy atom. The summed E-state index contributed by atoms with van der Waals surface area (Å²) in [6.07, 6.45) is 0. The molecule has 1 aliphatic rings. The van der Waals surface area contributed by atoms with E-state index in [2.05, 4.69) is 16.0 Å². The average Bonchev–Trinajstić information content (AvgIpc) is 2.47. The third-order valence-corrected chi connectivity index (χ3v) is 1.77. The van der Waals surface area contributed by atoms with Crippen LogP contribution in [-0.4, -0.2) is 31.1 Å². The second-order valence-electron chi connectivity index (χ2n) is 3.55. The number of amides is 3. The van der Waals surface area contributed by atoms with E-state index < -0.39 is 6.04 Å². The first-order valence-corrected chi connectivity index (χ1v) is 4.41. The van der Waals surface area contributed by atoms with E-state index in [0.717, 1.165) is 0 Å². The van der Waals surface area contributed by atoms with Crippen LogP contribution < -0.4 is 16.0 Å². The molecule has 0 unspecified atom stereocenters. The van der Waals surface area contributed by atoms with Crippen molar-refractivity contribution in [1.82, 2.24) is 16.0 Å². The predicted molar refractivity (Wildman–Crippen MR) is 48.2 cm³/mol. The SMILES string of the molecule is CC(C)CNC(=O)[C@@H]1CNC(=O)N1. The maximum absolute atomic E-state index is 11.3. The normalized spacial score (nSPS) is 21.2. The molecule has 3 amide bonds. The van der Waals surface area contributed by atoms with E-state index in [9.17, 15) is 9.59 Å². The predicted octanol–water partition coefficient (Wildman–Crippen LogP) is -0.560. The maximum atomic E-state index is 11.3. The van der Waals surface area contributed by atoms with Gasteiger partial charge in [0, 0.05) is 13.1 Å². The van der Waals surface area contributed by atoms with E-state index in [1.54, 1.807) is 0 Å². The van der Waals surface area contributed by atoms with Gasteiger partial charge in [-0.1, -0.05) is 13.8 Å². The highest BCUT2D eigenvalue weighted by Crippen LogP contribution is 1.92. The van der Waals surface area contributed by atoms with Crippen LogP contribution in [0.1, 0.15) is 13.8 Å². The summed E-state index contributed by atoms with van der Waals surface area (Å²) in [6, 6.07) is -0.684. The van der Waals surface area contributed by atoms with Crippen molar-refractivity contribution in [3.63, 3.8) is 0 Å². The van der Waals surface area contributed by atoms with Crippen molar-refractivity contribution in [2.45, 2.75) is 19.9 Å². The molecule has 1 saturated heterocycles. The lowest BCUT2D eigenvalue weighted by atomic mass is 10.2. The summed E-state index contributed by atoms with van der Waals surface area (Å²) in [5.74, 6) is 0.307. The minimum atomic E-state index is -0.411. The first-order chi connectivity index (χ1) is 6.09. The van der Waals surface area contributed by atoms with Gasteiger partial charge in [-0.3, -0.25) is 4.79 Å². The number of hydrogen-bond acceptors (Lipinski definition) is 2. The van der Waals surface area contributed by atoms with E-state index in [4.69, 9.17) is 0 Å². The van der Waals surface area contributed by atoms with Crippen molar-refractivity contribution in [2.24, 2.45) is 5.92 Å². The van der Waals surface area contributed by atoms with Gasteiger partial charge in [-0.15, -0.1) is 0 Å². The Morgan fingerprint density at radius 2 is 2.38 bits per heavy atom. The number of urea groups is 1. The van der Waals surface area contributed by atoms with E-state index in [-0.39, 0.29) is 11.9 Å². The molecule has 1 rings (SSSR count). The zero-order valence-electron chi connectivity index (χ0n) is 7.89. The Labute approximate surface area is 77.3 Å². The van der Waals surface area contributed by atoms with E-state index >= 15 is 0 Å². The van der Waals surface area contributed by atoms with Crippen LogP contribution in [0.5, 0.6) is 0 Å².